The van der Waals surface area contributed by atoms with Crippen molar-refractivity contribution < 1.29 is 4.39 Å². The van der Waals surface area contributed by atoms with Crippen molar-refractivity contribution in [3.8, 4) is 0 Å². The van der Waals surface area contributed by atoms with Gasteiger partial charge >= 0.3 is 0 Å². The first-order chi connectivity index (χ1) is 9.72. The van der Waals surface area contributed by atoms with Crippen molar-refractivity contribution in [2.24, 2.45) is 0 Å². The summed E-state index contributed by atoms with van der Waals surface area (Å²) in [4.78, 5) is 8.29. The highest BCUT2D eigenvalue weighted by Gasteiger charge is 2.24. The number of para-hydroxylation sites is 2. The van der Waals surface area contributed by atoms with Gasteiger partial charge in [-0.25, -0.2) is 9.37 Å². The summed E-state index contributed by atoms with van der Waals surface area (Å²) in [7, 11) is 2.04. The number of hydrogen-bond donors (Lipinski definition) is 0. The van der Waals surface area contributed by atoms with Crippen LogP contribution < -0.4 is 9.80 Å². The molecule has 1 aromatic heterocycles. The first-order valence-electron chi connectivity index (χ1n) is 6.49. The maximum Gasteiger partial charge on any atom is 0.170 e. The molecule has 0 saturated carbocycles. The minimum absolute atomic E-state index is 0.150. The fourth-order valence-electron chi connectivity index (χ4n) is 2.49. The summed E-state index contributed by atoms with van der Waals surface area (Å²) in [6, 6.07) is 9.57. The zero-order valence-electron chi connectivity index (χ0n) is 11.2. The Morgan fingerprint density at radius 3 is 2.70 bits per heavy atom. The van der Waals surface area contributed by atoms with E-state index in [1.165, 1.54) is 0 Å². The lowest BCUT2D eigenvalue weighted by molar-refractivity contribution is 0.605. The van der Waals surface area contributed by atoms with Crippen LogP contribution in [0.25, 0.3) is 0 Å². The van der Waals surface area contributed by atoms with Crippen molar-refractivity contribution in [1.29, 1.82) is 0 Å². The first kappa shape index (κ1) is 13.2. The number of pyridine rings is 1. The lowest BCUT2D eigenvalue weighted by Crippen LogP contribution is -2.37. The molecule has 0 bridgehead atoms. The Morgan fingerprint density at radius 2 is 1.95 bits per heavy atom. The van der Waals surface area contributed by atoms with Crippen LogP contribution in [0.1, 0.15) is 5.56 Å². The Hall–Kier alpha value is -1.81. The molecule has 0 fully saturated rings. The maximum absolute atomic E-state index is 14.4. The summed E-state index contributed by atoms with van der Waals surface area (Å²) in [5.41, 5.74) is 2.53. The normalized spacial score (nSPS) is 14.3. The van der Waals surface area contributed by atoms with E-state index in [4.69, 9.17) is 11.6 Å². The van der Waals surface area contributed by atoms with Crippen LogP contribution in [0.4, 0.5) is 21.6 Å². The molecule has 5 heteroatoms. The van der Waals surface area contributed by atoms with Crippen molar-refractivity contribution in [3.05, 3.63) is 47.9 Å². The molecule has 1 aliphatic rings. The molecule has 0 atom stereocenters. The summed E-state index contributed by atoms with van der Waals surface area (Å²) in [6.45, 7) is 1.52. The van der Waals surface area contributed by atoms with Gasteiger partial charge in [0.15, 0.2) is 11.6 Å². The van der Waals surface area contributed by atoms with Gasteiger partial charge in [-0.1, -0.05) is 12.1 Å². The number of hydrogen-bond acceptors (Lipinski definition) is 3. The van der Waals surface area contributed by atoms with Gasteiger partial charge < -0.3 is 9.80 Å². The van der Waals surface area contributed by atoms with Crippen molar-refractivity contribution >= 4 is 28.8 Å². The Kier molecular flexibility index (Phi) is 3.49. The Labute approximate surface area is 122 Å². The Bertz CT molecular complexity index is 632. The topological polar surface area (TPSA) is 19.4 Å². The predicted octanol–water partition coefficient (Wildman–Crippen LogP) is 3.55. The average molecular weight is 292 g/mol. The van der Waals surface area contributed by atoms with Gasteiger partial charge in [0.2, 0.25) is 0 Å². The van der Waals surface area contributed by atoms with E-state index in [-0.39, 0.29) is 11.7 Å². The highest BCUT2D eigenvalue weighted by atomic mass is 35.5. The summed E-state index contributed by atoms with van der Waals surface area (Å²) in [5, 5.41) is 0. The smallest absolute Gasteiger partial charge is 0.170 e. The number of nitrogens with zero attached hydrogens (tertiary/aromatic N) is 3. The quantitative estimate of drug-likeness (QED) is 0.789. The van der Waals surface area contributed by atoms with Crippen LogP contribution in [-0.2, 0) is 5.88 Å². The molecular formula is C15H15ClFN3. The molecule has 2 aromatic rings. The lowest BCUT2D eigenvalue weighted by Gasteiger charge is -2.36. The average Bonchev–Trinajstić information content (AvgIpc) is 2.49. The predicted molar refractivity (Wildman–Crippen MR) is 80.5 cm³/mol. The second-order valence-corrected chi connectivity index (χ2v) is 5.07. The van der Waals surface area contributed by atoms with Gasteiger partial charge in [-0.05, 0) is 18.2 Å². The van der Waals surface area contributed by atoms with Gasteiger partial charge in [-0.2, -0.15) is 0 Å². The number of fused-ring (bicyclic) bond motifs is 1. The van der Waals surface area contributed by atoms with Crippen LogP contribution in [0.15, 0.2) is 36.5 Å². The van der Waals surface area contributed by atoms with Gasteiger partial charge in [0.1, 0.15) is 0 Å². The molecule has 0 amide bonds. The van der Waals surface area contributed by atoms with Gasteiger partial charge in [0, 0.05) is 31.9 Å². The summed E-state index contributed by atoms with van der Waals surface area (Å²) in [6.07, 6.45) is 1.61. The molecule has 1 aliphatic heterocycles. The van der Waals surface area contributed by atoms with E-state index in [2.05, 4.69) is 9.88 Å². The van der Waals surface area contributed by atoms with Crippen molar-refractivity contribution in [2.45, 2.75) is 5.88 Å². The molecule has 0 spiro atoms. The Balaban J connectivity index is 2.10. The third-order valence-electron chi connectivity index (χ3n) is 3.59. The second-order valence-electron chi connectivity index (χ2n) is 4.80. The number of benzene rings is 1. The molecule has 2 heterocycles. The SMILES string of the molecule is CN1CCN(c2nccc(CCl)c2F)c2ccccc21. The van der Waals surface area contributed by atoms with Gasteiger partial charge in [-0.3, -0.25) is 0 Å². The molecular weight excluding hydrogens is 277 g/mol. The van der Waals surface area contributed by atoms with Crippen LogP contribution in [0.2, 0.25) is 0 Å². The fraction of sp³-hybridized carbons (Fsp3) is 0.267. The van der Waals surface area contributed by atoms with Crippen molar-refractivity contribution in [3.63, 3.8) is 0 Å². The molecule has 3 rings (SSSR count). The van der Waals surface area contributed by atoms with Crippen LogP contribution in [0.3, 0.4) is 0 Å². The number of anilines is 3. The van der Waals surface area contributed by atoms with Gasteiger partial charge in [0.05, 0.1) is 17.3 Å². The monoisotopic (exact) mass is 291 g/mol. The minimum atomic E-state index is -0.332. The number of halogens is 2. The van der Waals surface area contributed by atoms with E-state index in [0.717, 1.165) is 17.9 Å². The second kappa shape index (κ2) is 5.29. The van der Waals surface area contributed by atoms with Crippen LogP contribution in [-0.4, -0.2) is 25.1 Å². The van der Waals surface area contributed by atoms with Crippen LogP contribution in [0.5, 0.6) is 0 Å². The van der Waals surface area contributed by atoms with Crippen LogP contribution >= 0.6 is 11.6 Å². The summed E-state index contributed by atoms with van der Waals surface area (Å²) < 4.78 is 14.4. The third-order valence-corrected chi connectivity index (χ3v) is 3.88. The number of aromatic nitrogens is 1. The van der Waals surface area contributed by atoms with Gasteiger partial charge in [0.25, 0.3) is 0 Å². The number of rotatable bonds is 2. The zero-order chi connectivity index (χ0) is 14.1. The Morgan fingerprint density at radius 1 is 1.20 bits per heavy atom. The molecule has 104 valence electrons. The lowest BCUT2D eigenvalue weighted by atomic mass is 10.1. The maximum atomic E-state index is 14.4. The summed E-state index contributed by atoms with van der Waals surface area (Å²) in [5.74, 6) is 0.169. The molecule has 0 N–H and O–H groups in total. The highest BCUT2D eigenvalue weighted by molar-refractivity contribution is 6.17. The standard InChI is InChI=1S/C15H15ClFN3/c1-19-8-9-20(13-5-3-2-4-12(13)19)15-14(17)11(10-16)6-7-18-15/h2-7H,8-10H2,1H3. The highest BCUT2D eigenvalue weighted by Crippen LogP contribution is 2.37. The van der Waals surface area contributed by atoms with Gasteiger partial charge in [-0.15, -0.1) is 11.6 Å². The summed E-state index contributed by atoms with van der Waals surface area (Å²) >= 11 is 5.77. The molecule has 3 nitrogen and oxygen atoms in total. The third kappa shape index (κ3) is 2.10. The number of likely N-dealkylation sites (N-methyl/N-ethyl adjacent to an activating group) is 1. The van der Waals surface area contributed by atoms with E-state index >= 15 is 0 Å². The largest absolute Gasteiger partial charge is 0.371 e. The van der Waals surface area contributed by atoms with E-state index in [1.807, 2.05) is 36.2 Å². The fourth-order valence-corrected chi connectivity index (χ4v) is 2.70. The molecule has 0 unspecified atom stereocenters. The molecule has 0 aliphatic carbocycles. The van der Waals surface area contributed by atoms with E-state index in [9.17, 15) is 4.39 Å². The molecule has 0 radical (unpaired) electrons. The van der Waals surface area contributed by atoms with Crippen molar-refractivity contribution in [1.82, 2.24) is 4.98 Å². The zero-order valence-corrected chi connectivity index (χ0v) is 11.9. The van der Waals surface area contributed by atoms with E-state index < -0.39 is 0 Å². The first-order valence-corrected chi connectivity index (χ1v) is 7.03. The van der Waals surface area contributed by atoms with Crippen LogP contribution in [0, 0.1) is 5.82 Å². The van der Waals surface area contributed by atoms with Crippen molar-refractivity contribution in [2.75, 3.05) is 29.9 Å². The number of alkyl halides is 1. The molecule has 1 aromatic carbocycles. The molecule has 20 heavy (non-hydrogen) atoms. The molecule has 0 saturated heterocycles. The minimum Gasteiger partial charge on any atom is -0.371 e. The van der Waals surface area contributed by atoms with E-state index in [1.54, 1.807) is 12.3 Å². The van der Waals surface area contributed by atoms with E-state index in [0.29, 0.717) is 17.9 Å².